The van der Waals surface area contributed by atoms with E-state index >= 15 is 0 Å². The molecule has 0 spiro atoms. The summed E-state index contributed by atoms with van der Waals surface area (Å²) in [5.74, 6) is -0.423. The SMILES string of the molecule is CCOC(=O)C1=C(C)N=c2s/c(=C/c3cc(C)n(-c4ccc(C)cc4)c3C)c(=O)n2[C@H]1c1ccc(OCC(=O)OC)c(OCC)c1. The van der Waals surface area contributed by atoms with Gasteiger partial charge < -0.3 is 23.5 Å². The van der Waals surface area contributed by atoms with Gasteiger partial charge in [0.1, 0.15) is 0 Å². The first kappa shape index (κ1) is 32.5. The Kier molecular flexibility index (Phi) is 9.62. The van der Waals surface area contributed by atoms with Crippen molar-refractivity contribution in [2.75, 3.05) is 26.9 Å². The van der Waals surface area contributed by atoms with Gasteiger partial charge >= 0.3 is 11.9 Å². The van der Waals surface area contributed by atoms with Gasteiger partial charge in [-0.3, -0.25) is 9.36 Å². The van der Waals surface area contributed by atoms with Crippen LogP contribution in [-0.4, -0.2) is 48.0 Å². The zero-order valence-corrected chi connectivity index (χ0v) is 27.8. The lowest BCUT2D eigenvalue weighted by molar-refractivity contribution is -0.143. The minimum Gasteiger partial charge on any atom is -0.490 e. The molecule has 240 valence electrons. The predicted octanol–water partition coefficient (Wildman–Crippen LogP) is 4.46. The molecular formula is C35H37N3O7S. The van der Waals surface area contributed by atoms with Gasteiger partial charge in [-0.15, -0.1) is 0 Å². The number of benzene rings is 2. The van der Waals surface area contributed by atoms with E-state index in [2.05, 4.69) is 41.8 Å². The van der Waals surface area contributed by atoms with Crippen molar-refractivity contribution in [1.82, 2.24) is 9.13 Å². The van der Waals surface area contributed by atoms with Gasteiger partial charge in [-0.05, 0) is 89.1 Å². The predicted molar refractivity (Wildman–Crippen MR) is 176 cm³/mol. The Bertz CT molecular complexity index is 2020. The molecule has 0 saturated heterocycles. The smallest absolute Gasteiger partial charge is 0.343 e. The number of allylic oxidation sites excluding steroid dienone is 1. The molecule has 1 atom stereocenters. The fourth-order valence-corrected chi connectivity index (χ4v) is 6.59. The summed E-state index contributed by atoms with van der Waals surface area (Å²) in [5.41, 5.74) is 6.18. The van der Waals surface area contributed by atoms with Crippen molar-refractivity contribution < 1.29 is 28.5 Å². The quantitative estimate of drug-likeness (QED) is 0.235. The third kappa shape index (κ3) is 6.28. The number of carbonyl (C=O) groups is 2. The monoisotopic (exact) mass is 643 g/mol. The fraction of sp³-hybridized carbons (Fsp3) is 0.314. The van der Waals surface area contributed by atoms with Gasteiger partial charge in [0.15, 0.2) is 22.9 Å². The third-order valence-electron chi connectivity index (χ3n) is 7.72. The molecule has 2 aromatic heterocycles. The molecule has 0 amide bonds. The minimum atomic E-state index is -0.841. The van der Waals surface area contributed by atoms with Gasteiger partial charge in [-0.1, -0.05) is 35.1 Å². The van der Waals surface area contributed by atoms with Crippen molar-refractivity contribution in [2.24, 2.45) is 4.99 Å². The van der Waals surface area contributed by atoms with Crippen LogP contribution in [0.4, 0.5) is 0 Å². The highest BCUT2D eigenvalue weighted by atomic mass is 32.1. The molecule has 3 heterocycles. The van der Waals surface area contributed by atoms with Crippen molar-refractivity contribution in [3.05, 3.63) is 108 Å². The van der Waals surface area contributed by atoms with Crippen molar-refractivity contribution >= 4 is 29.4 Å². The summed E-state index contributed by atoms with van der Waals surface area (Å²) < 4.78 is 25.8. The number of esters is 2. The van der Waals surface area contributed by atoms with Gasteiger partial charge in [-0.25, -0.2) is 14.6 Å². The Morgan fingerprint density at radius 3 is 2.37 bits per heavy atom. The van der Waals surface area contributed by atoms with E-state index < -0.39 is 18.0 Å². The summed E-state index contributed by atoms with van der Waals surface area (Å²) in [5, 5.41) is 0. The number of hydrogen-bond acceptors (Lipinski definition) is 9. The van der Waals surface area contributed by atoms with Gasteiger partial charge in [0, 0.05) is 17.1 Å². The molecule has 4 aromatic rings. The summed E-state index contributed by atoms with van der Waals surface area (Å²) in [7, 11) is 1.28. The molecule has 0 N–H and O–H groups in total. The number of aryl methyl sites for hydroxylation is 2. The summed E-state index contributed by atoms with van der Waals surface area (Å²) in [6.07, 6.45) is 1.88. The van der Waals surface area contributed by atoms with Crippen LogP contribution in [0.5, 0.6) is 11.5 Å². The summed E-state index contributed by atoms with van der Waals surface area (Å²) >= 11 is 1.26. The molecule has 10 nitrogen and oxygen atoms in total. The standard InChI is InChI=1S/C35H37N3O7S/c1-8-43-28-17-24(12-15-27(28)45-19-30(39)42-7)32-31(34(41)44-9-2)22(5)36-35-38(32)33(40)29(46-35)18-25-16-21(4)37(23(25)6)26-13-10-20(3)11-14-26/h10-18,32H,8-9,19H2,1-7H3/b29-18+/t32-/m0/s1. The van der Waals surface area contributed by atoms with Crippen LogP contribution in [0.25, 0.3) is 11.8 Å². The molecule has 0 unspecified atom stereocenters. The van der Waals surface area contributed by atoms with Crippen LogP contribution >= 0.6 is 11.3 Å². The lowest BCUT2D eigenvalue weighted by Gasteiger charge is -2.25. The molecule has 5 rings (SSSR count). The largest absolute Gasteiger partial charge is 0.490 e. The van der Waals surface area contributed by atoms with Gasteiger partial charge in [0.05, 0.1) is 42.2 Å². The normalized spacial score (nSPS) is 14.5. The molecule has 1 aliphatic heterocycles. The first-order valence-corrected chi connectivity index (χ1v) is 15.8. The van der Waals surface area contributed by atoms with Crippen LogP contribution in [0.1, 0.15) is 54.9 Å². The van der Waals surface area contributed by atoms with E-state index in [1.807, 2.05) is 26.8 Å². The number of carbonyl (C=O) groups excluding carboxylic acids is 2. The van der Waals surface area contributed by atoms with Crippen molar-refractivity contribution in [3.63, 3.8) is 0 Å². The van der Waals surface area contributed by atoms with Crippen LogP contribution in [0.15, 0.2) is 69.6 Å². The summed E-state index contributed by atoms with van der Waals surface area (Å²) in [6.45, 7) is 11.6. The number of fused-ring (bicyclic) bond motifs is 1. The van der Waals surface area contributed by atoms with Crippen LogP contribution in [0.3, 0.4) is 0 Å². The van der Waals surface area contributed by atoms with E-state index in [-0.39, 0.29) is 24.3 Å². The van der Waals surface area contributed by atoms with Crippen LogP contribution < -0.4 is 24.4 Å². The average Bonchev–Trinajstić information content (AvgIpc) is 3.49. The number of methoxy groups -OCH3 is 1. The molecule has 1 aliphatic rings. The van der Waals surface area contributed by atoms with E-state index in [0.29, 0.717) is 38.7 Å². The Balaban J connectivity index is 1.66. The lowest BCUT2D eigenvalue weighted by atomic mass is 9.95. The van der Waals surface area contributed by atoms with Crippen LogP contribution in [0.2, 0.25) is 0 Å². The highest BCUT2D eigenvalue weighted by molar-refractivity contribution is 7.07. The van der Waals surface area contributed by atoms with E-state index in [4.69, 9.17) is 23.9 Å². The minimum absolute atomic E-state index is 0.161. The number of ether oxygens (including phenoxy) is 4. The number of hydrogen-bond donors (Lipinski definition) is 0. The lowest BCUT2D eigenvalue weighted by Crippen LogP contribution is -2.40. The Morgan fingerprint density at radius 1 is 0.957 bits per heavy atom. The highest BCUT2D eigenvalue weighted by Crippen LogP contribution is 2.36. The maximum Gasteiger partial charge on any atom is 0.343 e. The second-order valence-corrected chi connectivity index (χ2v) is 11.8. The first-order chi connectivity index (χ1) is 22.1. The number of thiazole rings is 1. The van der Waals surface area contributed by atoms with Crippen molar-refractivity contribution in [3.8, 4) is 17.2 Å². The molecule has 0 radical (unpaired) electrons. The molecule has 0 bridgehead atoms. The third-order valence-corrected chi connectivity index (χ3v) is 8.71. The maximum atomic E-state index is 14.2. The molecule has 2 aromatic carbocycles. The average molecular weight is 644 g/mol. The van der Waals surface area contributed by atoms with E-state index in [1.165, 1.54) is 28.6 Å². The zero-order valence-electron chi connectivity index (χ0n) is 27.0. The molecular weight excluding hydrogens is 606 g/mol. The van der Waals surface area contributed by atoms with Gasteiger partial charge in [0.2, 0.25) is 0 Å². The molecule has 46 heavy (non-hydrogen) atoms. The second-order valence-electron chi connectivity index (χ2n) is 10.8. The second kappa shape index (κ2) is 13.6. The molecule has 0 saturated carbocycles. The van der Waals surface area contributed by atoms with E-state index in [9.17, 15) is 14.4 Å². The maximum absolute atomic E-state index is 14.2. The summed E-state index contributed by atoms with van der Waals surface area (Å²) in [4.78, 5) is 44.5. The van der Waals surface area contributed by atoms with Crippen LogP contribution in [-0.2, 0) is 19.1 Å². The zero-order chi connectivity index (χ0) is 33.1. The van der Waals surface area contributed by atoms with Gasteiger partial charge in [0.25, 0.3) is 5.56 Å². The molecule has 11 heteroatoms. The summed E-state index contributed by atoms with van der Waals surface area (Å²) in [6, 6.07) is 14.6. The number of rotatable bonds is 10. The Hall–Kier alpha value is -4.90. The van der Waals surface area contributed by atoms with E-state index in [0.717, 1.165) is 22.6 Å². The number of nitrogens with zero attached hydrogens (tertiary/aromatic N) is 3. The molecule has 0 fully saturated rings. The first-order valence-electron chi connectivity index (χ1n) is 15.0. The van der Waals surface area contributed by atoms with Crippen molar-refractivity contribution in [1.29, 1.82) is 0 Å². The molecule has 0 aliphatic carbocycles. The van der Waals surface area contributed by atoms with Crippen molar-refractivity contribution in [2.45, 2.75) is 47.6 Å². The van der Waals surface area contributed by atoms with Crippen LogP contribution in [0, 0.1) is 20.8 Å². The highest BCUT2D eigenvalue weighted by Gasteiger charge is 2.34. The number of aromatic nitrogens is 2. The Morgan fingerprint density at radius 2 is 1.70 bits per heavy atom. The van der Waals surface area contributed by atoms with Gasteiger partial charge in [-0.2, -0.15) is 0 Å². The fourth-order valence-electron chi connectivity index (χ4n) is 5.55. The topological polar surface area (TPSA) is 110 Å². The van der Waals surface area contributed by atoms with E-state index in [1.54, 1.807) is 32.0 Å². The Labute approximate surface area is 270 Å².